The maximum Gasteiger partial charge on any atom is 0.0343 e. The Balaban J connectivity index is 2.53. The highest BCUT2D eigenvalue weighted by Gasteiger charge is 2.03. The van der Waals surface area contributed by atoms with Crippen LogP contribution in [0.3, 0.4) is 0 Å². The third-order valence-electron chi connectivity index (χ3n) is 2.34. The maximum absolute atomic E-state index is 3.54. The topological polar surface area (TPSA) is 12.0 Å². The highest BCUT2D eigenvalue weighted by atomic mass is 79.9. The highest BCUT2D eigenvalue weighted by Crippen LogP contribution is 2.16. The van der Waals surface area contributed by atoms with Crippen molar-refractivity contribution in [1.82, 2.24) is 0 Å². The van der Waals surface area contributed by atoms with Gasteiger partial charge in [-0.15, -0.1) is 0 Å². The summed E-state index contributed by atoms with van der Waals surface area (Å²) in [6.07, 6.45) is 3.67. The molecule has 1 nitrogen and oxygen atoms in total. The van der Waals surface area contributed by atoms with Crippen molar-refractivity contribution in [3.05, 3.63) is 28.7 Å². The predicted octanol–water partition coefficient (Wildman–Crippen LogP) is 4.44. The Bertz CT molecular complexity index is 256. The van der Waals surface area contributed by atoms with Gasteiger partial charge in [0, 0.05) is 16.2 Å². The molecule has 1 aromatic rings. The molecular weight excluding hydrogens is 238 g/mol. The molecule has 0 aliphatic carbocycles. The summed E-state index contributed by atoms with van der Waals surface area (Å²) in [5, 5.41) is 3.54. The summed E-state index contributed by atoms with van der Waals surface area (Å²) in [4.78, 5) is 0. The van der Waals surface area contributed by atoms with E-state index in [1.165, 1.54) is 24.9 Å². The van der Waals surface area contributed by atoms with E-state index in [1.54, 1.807) is 0 Å². The third kappa shape index (κ3) is 3.70. The minimum Gasteiger partial charge on any atom is -0.382 e. The molecule has 0 amide bonds. The molecule has 1 atom stereocenters. The smallest absolute Gasteiger partial charge is 0.0343 e. The molecule has 0 saturated heterocycles. The lowest BCUT2D eigenvalue weighted by Crippen LogP contribution is -2.17. The number of hydrogen-bond donors (Lipinski definition) is 1. The predicted molar refractivity (Wildman–Crippen MR) is 66.8 cm³/mol. The summed E-state index contributed by atoms with van der Waals surface area (Å²) in [7, 11) is 0. The lowest BCUT2D eigenvalue weighted by atomic mass is 10.1. The molecule has 0 bridgehead atoms. The van der Waals surface area contributed by atoms with Crippen LogP contribution in [0.4, 0.5) is 5.69 Å². The number of rotatable bonds is 5. The lowest BCUT2D eigenvalue weighted by Gasteiger charge is -2.17. The Morgan fingerprint density at radius 3 is 2.36 bits per heavy atom. The summed E-state index contributed by atoms with van der Waals surface area (Å²) in [6, 6.07) is 8.98. The Kier molecular flexibility index (Phi) is 5.02. The van der Waals surface area contributed by atoms with E-state index in [0.717, 1.165) is 4.47 Å². The fourth-order valence-electron chi connectivity index (χ4n) is 1.51. The fraction of sp³-hybridized carbons (Fsp3) is 0.500. The van der Waals surface area contributed by atoms with E-state index in [0.29, 0.717) is 6.04 Å². The van der Waals surface area contributed by atoms with E-state index in [-0.39, 0.29) is 0 Å². The second-order valence-corrected chi connectivity index (χ2v) is 4.46. The standard InChI is InChI=1S/C12H18BrN/c1-3-5-11(4-2)14-12-8-6-10(13)7-9-12/h6-9,11,14H,3-5H2,1-2H3. The molecule has 0 spiro atoms. The minimum absolute atomic E-state index is 0.612. The largest absolute Gasteiger partial charge is 0.382 e. The van der Waals surface area contributed by atoms with Gasteiger partial charge in [-0.25, -0.2) is 0 Å². The SMILES string of the molecule is CCCC(CC)Nc1ccc(Br)cc1. The molecule has 1 rings (SSSR count). The van der Waals surface area contributed by atoms with Crippen molar-refractivity contribution < 1.29 is 0 Å². The second kappa shape index (κ2) is 6.07. The number of halogens is 1. The van der Waals surface area contributed by atoms with Gasteiger partial charge in [-0.3, -0.25) is 0 Å². The van der Waals surface area contributed by atoms with Crippen LogP contribution >= 0.6 is 15.9 Å². The van der Waals surface area contributed by atoms with Crippen LogP contribution in [-0.4, -0.2) is 6.04 Å². The van der Waals surface area contributed by atoms with E-state index in [1.807, 2.05) is 0 Å². The van der Waals surface area contributed by atoms with Crippen LogP contribution in [0, 0.1) is 0 Å². The zero-order valence-electron chi connectivity index (χ0n) is 8.89. The van der Waals surface area contributed by atoms with E-state index in [9.17, 15) is 0 Å². The molecule has 0 aromatic heterocycles. The molecule has 0 saturated carbocycles. The highest BCUT2D eigenvalue weighted by molar-refractivity contribution is 9.10. The summed E-state index contributed by atoms with van der Waals surface area (Å²) < 4.78 is 1.13. The van der Waals surface area contributed by atoms with Crippen molar-refractivity contribution >= 4 is 21.6 Å². The van der Waals surface area contributed by atoms with Crippen LogP contribution in [0.2, 0.25) is 0 Å². The molecule has 14 heavy (non-hydrogen) atoms. The van der Waals surface area contributed by atoms with Crippen molar-refractivity contribution in [2.45, 2.75) is 39.2 Å². The number of anilines is 1. The van der Waals surface area contributed by atoms with Gasteiger partial charge in [0.1, 0.15) is 0 Å². The van der Waals surface area contributed by atoms with Gasteiger partial charge in [-0.2, -0.15) is 0 Å². The van der Waals surface area contributed by atoms with Crippen molar-refractivity contribution in [2.75, 3.05) is 5.32 Å². The zero-order valence-corrected chi connectivity index (χ0v) is 10.5. The van der Waals surface area contributed by atoms with E-state index >= 15 is 0 Å². The number of benzene rings is 1. The fourth-order valence-corrected chi connectivity index (χ4v) is 1.77. The molecular formula is C12H18BrN. The van der Waals surface area contributed by atoms with Crippen molar-refractivity contribution in [3.63, 3.8) is 0 Å². The van der Waals surface area contributed by atoms with Crippen molar-refractivity contribution in [1.29, 1.82) is 0 Å². The third-order valence-corrected chi connectivity index (χ3v) is 2.87. The van der Waals surface area contributed by atoms with Gasteiger partial charge in [0.25, 0.3) is 0 Å². The number of hydrogen-bond acceptors (Lipinski definition) is 1. The van der Waals surface area contributed by atoms with Gasteiger partial charge in [0.2, 0.25) is 0 Å². The van der Waals surface area contributed by atoms with E-state index in [4.69, 9.17) is 0 Å². The quantitative estimate of drug-likeness (QED) is 0.821. The minimum atomic E-state index is 0.612. The average Bonchev–Trinajstić information content (AvgIpc) is 2.20. The first-order valence-electron chi connectivity index (χ1n) is 5.28. The number of nitrogens with one attached hydrogen (secondary N) is 1. The van der Waals surface area contributed by atoms with E-state index < -0.39 is 0 Å². The molecule has 1 unspecified atom stereocenters. The Morgan fingerprint density at radius 1 is 1.21 bits per heavy atom. The molecule has 0 aliphatic heterocycles. The van der Waals surface area contributed by atoms with Crippen molar-refractivity contribution in [2.24, 2.45) is 0 Å². The molecule has 78 valence electrons. The molecule has 1 aromatic carbocycles. The van der Waals surface area contributed by atoms with Crippen LogP contribution in [0.5, 0.6) is 0 Å². The summed E-state index contributed by atoms with van der Waals surface area (Å²) >= 11 is 3.43. The Hall–Kier alpha value is -0.500. The van der Waals surface area contributed by atoms with Gasteiger partial charge >= 0.3 is 0 Å². The van der Waals surface area contributed by atoms with E-state index in [2.05, 4.69) is 59.4 Å². The second-order valence-electron chi connectivity index (χ2n) is 3.55. The van der Waals surface area contributed by atoms with Crippen LogP contribution in [0.25, 0.3) is 0 Å². The summed E-state index contributed by atoms with van der Waals surface area (Å²) in [5.41, 5.74) is 1.22. The van der Waals surface area contributed by atoms with Gasteiger partial charge in [-0.05, 0) is 37.1 Å². The van der Waals surface area contributed by atoms with Crippen LogP contribution in [-0.2, 0) is 0 Å². The first kappa shape index (κ1) is 11.6. The van der Waals surface area contributed by atoms with Gasteiger partial charge in [-0.1, -0.05) is 36.2 Å². The van der Waals surface area contributed by atoms with Gasteiger partial charge in [0.05, 0.1) is 0 Å². The average molecular weight is 256 g/mol. The van der Waals surface area contributed by atoms with Gasteiger partial charge in [0.15, 0.2) is 0 Å². The van der Waals surface area contributed by atoms with Crippen LogP contribution in [0.1, 0.15) is 33.1 Å². The first-order valence-corrected chi connectivity index (χ1v) is 6.07. The lowest BCUT2D eigenvalue weighted by molar-refractivity contribution is 0.623. The molecule has 0 aliphatic rings. The summed E-state index contributed by atoms with van der Waals surface area (Å²) in [6.45, 7) is 4.46. The van der Waals surface area contributed by atoms with Crippen LogP contribution in [0.15, 0.2) is 28.7 Å². The molecule has 2 heteroatoms. The zero-order chi connectivity index (χ0) is 10.4. The molecule has 0 heterocycles. The Morgan fingerprint density at radius 2 is 1.86 bits per heavy atom. The van der Waals surface area contributed by atoms with Crippen LogP contribution < -0.4 is 5.32 Å². The monoisotopic (exact) mass is 255 g/mol. The van der Waals surface area contributed by atoms with Crippen molar-refractivity contribution in [3.8, 4) is 0 Å². The molecule has 0 radical (unpaired) electrons. The normalized spacial score (nSPS) is 12.5. The first-order chi connectivity index (χ1) is 6.76. The Labute approximate surface area is 95.0 Å². The van der Waals surface area contributed by atoms with Gasteiger partial charge < -0.3 is 5.32 Å². The summed E-state index contributed by atoms with van der Waals surface area (Å²) in [5.74, 6) is 0. The molecule has 0 fully saturated rings. The maximum atomic E-state index is 3.54. The molecule has 1 N–H and O–H groups in total.